The van der Waals surface area contributed by atoms with Crippen molar-refractivity contribution in [3.05, 3.63) is 33.8 Å². The van der Waals surface area contributed by atoms with E-state index in [0.29, 0.717) is 21.7 Å². The minimum Gasteiger partial charge on any atom is -0.388 e. The van der Waals surface area contributed by atoms with E-state index in [2.05, 4.69) is 4.90 Å². The van der Waals surface area contributed by atoms with Crippen LogP contribution in [0.1, 0.15) is 30.9 Å². The maximum Gasteiger partial charge on any atom is 0.225 e. The molecule has 6 heteroatoms. The highest BCUT2D eigenvalue weighted by Crippen LogP contribution is 2.26. The molecule has 2 unspecified atom stereocenters. The molecule has 1 aliphatic heterocycles. The number of aliphatic hydroxyl groups excluding tert-OH is 1. The fraction of sp³-hybridized carbons (Fsp3) is 0.562. The fourth-order valence-corrected chi connectivity index (χ4v) is 3.33. The van der Waals surface area contributed by atoms with Gasteiger partial charge in [0.25, 0.3) is 0 Å². The van der Waals surface area contributed by atoms with Gasteiger partial charge in [0.05, 0.1) is 12.5 Å². The Morgan fingerprint density at radius 2 is 2.00 bits per heavy atom. The highest BCUT2D eigenvalue weighted by atomic mass is 35.5. The van der Waals surface area contributed by atoms with Crippen molar-refractivity contribution < 1.29 is 9.90 Å². The highest BCUT2D eigenvalue weighted by molar-refractivity contribution is 6.34. The lowest BCUT2D eigenvalue weighted by Crippen LogP contribution is -2.47. The van der Waals surface area contributed by atoms with Gasteiger partial charge in [0.2, 0.25) is 5.91 Å². The Morgan fingerprint density at radius 1 is 1.36 bits per heavy atom. The smallest absolute Gasteiger partial charge is 0.225 e. The minimum atomic E-state index is -0.886. The fourth-order valence-electron chi connectivity index (χ4n) is 2.78. The van der Waals surface area contributed by atoms with Crippen molar-refractivity contribution in [2.45, 2.75) is 31.4 Å². The molecule has 1 aliphatic rings. The first kappa shape index (κ1) is 17.5. The third-order valence-corrected chi connectivity index (χ3v) is 4.55. The Balaban J connectivity index is 1.98. The molecule has 4 nitrogen and oxygen atoms in total. The molecule has 0 saturated carbocycles. The molecule has 0 bridgehead atoms. The van der Waals surface area contributed by atoms with Gasteiger partial charge in [-0.2, -0.15) is 0 Å². The number of aliphatic hydroxyl groups is 1. The SMILES string of the molecule is CN(C)C1CCCN(C(=O)CC(O)c2cc(Cl)cc(Cl)c2)C1. The van der Waals surface area contributed by atoms with Crippen molar-refractivity contribution in [2.24, 2.45) is 0 Å². The number of halogens is 2. The van der Waals surface area contributed by atoms with Crippen molar-refractivity contribution in [3.63, 3.8) is 0 Å². The number of benzene rings is 1. The first-order chi connectivity index (χ1) is 10.4. The molecule has 0 spiro atoms. The van der Waals surface area contributed by atoms with Crippen molar-refractivity contribution in [3.8, 4) is 0 Å². The number of carbonyl (C=O) groups excluding carboxylic acids is 1. The van der Waals surface area contributed by atoms with Gasteiger partial charge in [0.1, 0.15) is 0 Å². The number of piperidine rings is 1. The Labute approximate surface area is 141 Å². The molecular weight excluding hydrogens is 323 g/mol. The molecule has 122 valence electrons. The third kappa shape index (κ3) is 4.59. The van der Waals surface area contributed by atoms with Crippen LogP contribution in [0.3, 0.4) is 0 Å². The Bertz CT molecular complexity index is 517. The average molecular weight is 345 g/mol. The van der Waals surface area contributed by atoms with E-state index in [4.69, 9.17) is 23.2 Å². The van der Waals surface area contributed by atoms with Gasteiger partial charge in [-0.05, 0) is 50.7 Å². The zero-order valence-corrected chi connectivity index (χ0v) is 14.4. The van der Waals surface area contributed by atoms with Crippen LogP contribution in [0.4, 0.5) is 0 Å². The second-order valence-corrected chi connectivity index (χ2v) is 6.89. The molecule has 1 saturated heterocycles. The monoisotopic (exact) mass is 344 g/mol. The molecular formula is C16H22Cl2N2O2. The maximum absolute atomic E-state index is 12.4. The topological polar surface area (TPSA) is 43.8 Å². The number of likely N-dealkylation sites (tertiary alicyclic amines) is 1. The van der Waals surface area contributed by atoms with Gasteiger partial charge in [-0.15, -0.1) is 0 Å². The zero-order chi connectivity index (χ0) is 16.3. The lowest BCUT2D eigenvalue weighted by molar-refractivity contribution is -0.135. The molecule has 1 aromatic rings. The number of likely N-dealkylation sites (N-methyl/N-ethyl adjacent to an activating group) is 1. The first-order valence-electron chi connectivity index (χ1n) is 7.45. The summed E-state index contributed by atoms with van der Waals surface area (Å²) in [5.41, 5.74) is 0.576. The number of hydrogen-bond donors (Lipinski definition) is 1. The van der Waals surface area contributed by atoms with E-state index in [1.54, 1.807) is 18.2 Å². The maximum atomic E-state index is 12.4. The Hall–Kier alpha value is -0.810. The van der Waals surface area contributed by atoms with E-state index >= 15 is 0 Å². The van der Waals surface area contributed by atoms with Crippen LogP contribution in [-0.4, -0.2) is 54.0 Å². The number of nitrogens with zero attached hydrogens (tertiary/aromatic N) is 2. The zero-order valence-electron chi connectivity index (χ0n) is 12.9. The van der Waals surface area contributed by atoms with Gasteiger partial charge in [-0.3, -0.25) is 4.79 Å². The summed E-state index contributed by atoms with van der Waals surface area (Å²) in [5.74, 6) is -0.0323. The second kappa shape index (κ2) is 7.64. The van der Waals surface area contributed by atoms with Crippen LogP contribution < -0.4 is 0 Å². The minimum absolute atomic E-state index is 0.0323. The van der Waals surface area contributed by atoms with Crippen LogP contribution in [0.25, 0.3) is 0 Å². The third-order valence-electron chi connectivity index (χ3n) is 4.12. The Kier molecular flexibility index (Phi) is 6.09. The molecule has 1 fully saturated rings. The standard InChI is InChI=1S/C16H22Cl2N2O2/c1-19(2)14-4-3-5-20(10-14)16(22)9-15(21)11-6-12(17)8-13(18)7-11/h6-8,14-15,21H,3-5,9-10H2,1-2H3. The van der Waals surface area contributed by atoms with Crippen LogP contribution in [0, 0.1) is 0 Å². The molecule has 1 N–H and O–H groups in total. The largest absolute Gasteiger partial charge is 0.388 e. The molecule has 2 rings (SSSR count). The van der Waals surface area contributed by atoms with Gasteiger partial charge in [0.15, 0.2) is 0 Å². The van der Waals surface area contributed by atoms with Crippen LogP contribution in [0.5, 0.6) is 0 Å². The summed E-state index contributed by atoms with van der Waals surface area (Å²) in [5, 5.41) is 11.2. The summed E-state index contributed by atoms with van der Waals surface area (Å²) in [6, 6.07) is 5.28. The van der Waals surface area contributed by atoms with E-state index < -0.39 is 6.10 Å². The van der Waals surface area contributed by atoms with E-state index in [1.165, 1.54) is 0 Å². The normalized spacial score (nSPS) is 20.3. The molecule has 0 aliphatic carbocycles. The molecule has 1 heterocycles. The van der Waals surface area contributed by atoms with Gasteiger partial charge < -0.3 is 14.9 Å². The molecule has 22 heavy (non-hydrogen) atoms. The van der Waals surface area contributed by atoms with E-state index in [-0.39, 0.29) is 12.3 Å². The number of carbonyl (C=O) groups is 1. The number of amides is 1. The quantitative estimate of drug-likeness (QED) is 0.913. The van der Waals surface area contributed by atoms with Crippen LogP contribution >= 0.6 is 23.2 Å². The summed E-state index contributed by atoms with van der Waals surface area (Å²) < 4.78 is 0. The molecule has 0 aromatic heterocycles. The van der Waals surface area contributed by atoms with Gasteiger partial charge in [-0.25, -0.2) is 0 Å². The van der Waals surface area contributed by atoms with Crippen LogP contribution in [0.2, 0.25) is 10.0 Å². The average Bonchev–Trinajstić information content (AvgIpc) is 2.46. The lowest BCUT2D eigenvalue weighted by Gasteiger charge is -2.36. The molecule has 1 aromatic carbocycles. The van der Waals surface area contributed by atoms with Gasteiger partial charge in [0, 0.05) is 29.2 Å². The lowest BCUT2D eigenvalue weighted by atomic mass is 10.0. The van der Waals surface area contributed by atoms with Gasteiger partial charge >= 0.3 is 0 Å². The van der Waals surface area contributed by atoms with Crippen molar-refractivity contribution in [1.29, 1.82) is 0 Å². The van der Waals surface area contributed by atoms with Crippen molar-refractivity contribution in [2.75, 3.05) is 27.2 Å². The summed E-state index contributed by atoms with van der Waals surface area (Å²) in [6.07, 6.45) is 1.26. The molecule has 2 atom stereocenters. The van der Waals surface area contributed by atoms with Crippen LogP contribution in [-0.2, 0) is 4.79 Å². The summed E-state index contributed by atoms with van der Waals surface area (Å²) >= 11 is 11.9. The van der Waals surface area contributed by atoms with Crippen molar-refractivity contribution >= 4 is 29.1 Å². The first-order valence-corrected chi connectivity index (χ1v) is 8.20. The number of hydrogen-bond acceptors (Lipinski definition) is 3. The molecule has 0 radical (unpaired) electrons. The van der Waals surface area contributed by atoms with E-state index in [0.717, 1.165) is 25.9 Å². The van der Waals surface area contributed by atoms with Crippen LogP contribution in [0.15, 0.2) is 18.2 Å². The predicted octanol–water partition coefficient (Wildman–Crippen LogP) is 2.97. The van der Waals surface area contributed by atoms with Gasteiger partial charge in [-0.1, -0.05) is 23.2 Å². The summed E-state index contributed by atoms with van der Waals surface area (Å²) in [4.78, 5) is 16.4. The molecule has 1 amide bonds. The Morgan fingerprint density at radius 3 is 2.59 bits per heavy atom. The summed E-state index contributed by atoms with van der Waals surface area (Å²) in [7, 11) is 4.06. The highest BCUT2D eigenvalue weighted by Gasteiger charge is 2.26. The van der Waals surface area contributed by atoms with Crippen molar-refractivity contribution in [1.82, 2.24) is 9.80 Å². The van der Waals surface area contributed by atoms with E-state index in [1.807, 2.05) is 19.0 Å². The number of rotatable bonds is 4. The second-order valence-electron chi connectivity index (χ2n) is 6.02. The summed E-state index contributed by atoms with van der Waals surface area (Å²) in [6.45, 7) is 1.47. The predicted molar refractivity (Wildman–Crippen MR) is 89.3 cm³/mol. The van der Waals surface area contributed by atoms with E-state index in [9.17, 15) is 9.90 Å².